The first-order valence-corrected chi connectivity index (χ1v) is 8.90. The van der Waals surface area contributed by atoms with Gasteiger partial charge in [-0.15, -0.1) is 0 Å². The number of rotatable bonds is 7. The fraction of sp³-hybridized carbons (Fsp3) is 0.250. The Morgan fingerprint density at radius 1 is 1.04 bits per heavy atom. The van der Waals surface area contributed by atoms with E-state index in [9.17, 15) is 29.5 Å². The predicted molar refractivity (Wildman–Crippen MR) is 102 cm³/mol. The number of hydrogen-bond acceptors (Lipinski definition) is 6. The maximum absolute atomic E-state index is 12.5. The molecule has 2 aromatic rings. The molecule has 0 saturated heterocycles. The zero-order valence-corrected chi connectivity index (χ0v) is 15.3. The summed E-state index contributed by atoms with van der Waals surface area (Å²) in [6.07, 6.45) is -0.183. The lowest BCUT2D eigenvalue weighted by Gasteiger charge is -2.18. The van der Waals surface area contributed by atoms with E-state index in [4.69, 9.17) is 0 Å². The molecule has 0 bridgehead atoms. The topological polar surface area (TPSA) is 115 Å². The molecule has 1 atom stereocenters. The molecule has 0 saturated carbocycles. The minimum Gasteiger partial charge on any atom is -0.507 e. The van der Waals surface area contributed by atoms with Crippen molar-refractivity contribution in [1.29, 1.82) is 0 Å². The van der Waals surface area contributed by atoms with Crippen LogP contribution in [0, 0.1) is 6.92 Å². The Hall–Kier alpha value is -2.97. The molecule has 0 aliphatic carbocycles. The molecule has 3 rings (SSSR count). The van der Waals surface area contributed by atoms with Gasteiger partial charge in [-0.1, -0.05) is 30.3 Å². The third-order valence-electron chi connectivity index (χ3n) is 4.93. The lowest BCUT2D eigenvalue weighted by Crippen LogP contribution is -2.36. The molecule has 28 heavy (non-hydrogen) atoms. The van der Waals surface area contributed by atoms with E-state index in [1.807, 2.05) is 0 Å². The van der Waals surface area contributed by atoms with E-state index < -0.39 is 37.1 Å². The zero-order valence-electron chi connectivity index (χ0n) is 15.3. The van der Waals surface area contributed by atoms with E-state index in [0.717, 1.165) is 4.90 Å². The highest BCUT2D eigenvalue weighted by Gasteiger charge is 2.37. The lowest BCUT2D eigenvalue weighted by atomic mass is 9.67. The molecule has 0 aromatic heterocycles. The number of ketones is 1. The van der Waals surface area contributed by atoms with E-state index in [0.29, 0.717) is 11.1 Å². The van der Waals surface area contributed by atoms with Crippen LogP contribution in [0.4, 0.5) is 0 Å². The number of phenols is 1. The van der Waals surface area contributed by atoms with Gasteiger partial charge in [0.15, 0.2) is 5.78 Å². The van der Waals surface area contributed by atoms with E-state index in [2.05, 4.69) is 0 Å². The van der Waals surface area contributed by atoms with Crippen LogP contribution in [0.5, 0.6) is 5.75 Å². The van der Waals surface area contributed by atoms with Crippen LogP contribution in [0.25, 0.3) is 0 Å². The first kappa shape index (κ1) is 19.8. The molecular formula is C20H20BNO6. The van der Waals surface area contributed by atoms with Crippen molar-refractivity contribution in [3.63, 3.8) is 0 Å². The number of fused-ring (bicyclic) bond motifs is 1. The Morgan fingerprint density at radius 2 is 1.64 bits per heavy atom. The van der Waals surface area contributed by atoms with Crippen LogP contribution >= 0.6 is 0 Å². The molecule has 2 aromatic carbocycles. The summed E-state index contributed by atoms with van der Waals surface area (Å²) in [4.78, 5) is 38.1. The van der Waals surface area contributed by atoms with Gasteiger partial charge in [0.05, 0.1) is 17.7 Å². The van der Waals surface area contributed by atoms with Gasteiger partial charge >= 0.3 is 7.12 Å². The number of Topliss-reactive ketones (excluding diaryl/α,β-unsaturated/α-hetero) is 1. The predicted octanol–water partition coefficient (Wildman–Crippen LogP) is 1.34. The molecule has 0 radical (unpaired) electrons. The van der Waals surface area contributed by atoms with E-state index in [1.165, 1.54) is 12.1 Å². The van der Waals surface area contributed by atoms with E-state index in [1.54, 1.807) is 37.3 Å². The van der Waals surface area contributed by atoms with Gasteiger partial charge in [0.2, 0.25) is 0 Å². The van der Waals surface area contributed by atoms with Gasteiger partial charge in [0.25, 0.3) is 11.8 Å². The summed E-state index contributed by atoms with van der Waals surface area (Å²) in [6.45, 7) is 1.28. The molecule has 1 heterocycles. The van der Waals surface area contributed by atoms with Crippen molar-refractivity contribution in [2.75, 3.05) is 6.54 Å². The summed E-state index contributed by atoms with van der Waals surface area (Å²) in [7, 11) is -1.79. The number of amides is 2. The summed E-state index contributed by atoms with van der Waals surface area (Å²) < 4.78 is 0. The molecule has 1 aliphatic rings. The standard InChI is InChI=1S/C20H20BNO6/c1-12-5-4-6-13(18(12)24)9-14(21(27)28)10-15(23)11-22-19(25)16-7-2-3-8-17(16)20(22)26/h2-8,14,24,27-28H,9-11H2,1H3. The minimum atomic E-state index is -1.79. The summed E-state index contributed by atoms with van der Waals surface area (Å²) in [6, 6.07) is 11.4. The highest BCUT2D eigenvalue weighted by molar-refractivity contribution is 6.43. The summed E-state index contributed by atoms with van der Waals surface area (Å²) >= 11 is 0. The molecule has 144 valence electrons. The highest BCUT2D eigenvalue weighted by Crippen LogP contribution is 2.29. The molecule has 2 amide bonds. The normalized spacial score (nSPS) is 14.2. The van der Waals surface area contributed by atoms with Gasteiger partial charge in [0, 0.05) is 12.2 Å². The SMILES string of the molecule is Cc1cccc(CC(CC(=O)CN2C(=O)c3ccccc3C2=O)B(O)O)c1O. The van der Waals surface area contributed by atoms with Crippen LogP contribution in [0.2, 0.25) is 5.82 Å². The Morgan fingerprint density at radius 3 is 2.21 bits per heavy atom. The van der Waals surface area contributed by atoms with Crippen molar-refractivity contribution >= 4 is 24.7 Å². The second-order valence-electron chi connectivity index (χ2n) is 6.95. The Kier molecular flexibility index (Phi) is 5.62. The summed E-state index contributed by atoms with van der Waals surface area (Å²) in [5.74, 6) is -2.38. The maximum Gasteiger partial charge on any atom is 0.455 e. The van der Waals surface area contributed by atoms with Crippen LogP contribution in [-0.4, -0.2) is 51.3 Å². The number of phenolic OH excluding ortho intramolecular Hbond substituents is 1. The van der Waals surface area contributed by atoms with Crippen molar-refractivity contribution in [2.24, 2.45) is 0 Å². The van der Waals surface area contributed by atoms with Crippen LogP contribution in [0.15, 0.2) is 42.5 Å². The number of aryl methyl sites for hydroxylation is 1. The number of imide groups is 1. The zero-order chi connectivity index (χ0) is 20.4. The summed E-state index contributed by atoms with van der Waals surface area (Å²) in [5, 5.41) is 29.4. The fourth-order valence-electron chi connectivity index (χ4n) is 3.37. The monoisotopic (exact) mass is 381 g/mol. The number of carbonyl (C=O) groups is 3. The Bertz CT molecular complexity index is 907. The number of benzene rings is 2. The smallest absolute Gasteiger partial charge is 0.455 e. The molecular weight excluding hydrogens is 361 g/mol. The first-order chi connectivity index (χ1) is 13.3. The Balaban J connectivity index is 1.69. The van der Waals surface area contributed by atoms with Gasteiger partial charge in [-0.25, -0.2) is 0 Å². The molecule has 1 unspecified atom stereocenters. The fourth-order valence-corrected chi connectivity index (χ4v) is 3.37. The number of aromatic hydroxyl groups is 1. The van der Waals surface area contributed by atoms with Crippen LogP contribution in [-0.2, 0) is 11.2 Å². The molecule has 1 aliphatic heterocycles. The molecule has 0 fully saturated rings. The third kappa shape index (κ3) is 3.83. The number of nitrogens with zero attached hydrogens (tertiary/aromatic N) is 1. The van der Waals surface area contributed by atoms with Crippen molar-refractivity contribution in [1.82, 2.24) is 4.90 Å². The average molecular weight is 381 g/mol. The molecule has 0 spiro atoms. The number of hydrogen-bond donors (Lipinski definition) is 3. The van der Waals surface area contributed by atoms with E-state index in [-0.39, 0.29) is 29.7 Å². The number of para-hydroxylation sites is 1. The second kappa shape index (κ2) is 7.96. The largest absolute Gasteiger partial charge is 0.507 e. The second-order valence-corrected chi connectivity index (χ2v) is 6.95. The van der Waals surface area contributed by atoms with Crippen LogP contribution in [0.1, 0.15) is 38.3 Å². The van der Waals surface area contributed by atoms with E-state index >= 15 is 0 Å². The summed E-state index contributed by atoms with van der Waals surface area (Å²) in [5.41, 5.74) is 1.64. The minimum absolute atomic E-state index is 0.0425. The van der Waals surface area contributed by atoms with Crippen LogP contribution < -0.4 is 0 Å². The molecule has 7 nitrogen and oxygen atoms in total. The quantitative estimate of drug-likeness (QED) is 0.493. The van der Waals surface area contributed by atoms with Gasteiger partial charge < -0.3 is 15.2 Å². The molecule has 8 heteroatoms. The maximum atomic E-state index is 12.5. The van der Waals surface area contributed by atoms with Crippen LogP contribution in [0.3, 0.4) is 0 Å². The van der Waals surface area contributed by atoms with Crippen molar-refractivity contribution < 1.29 is 29.5 Å². The molecule has 3 N–H and O–H groups in total. The van der Waals surface area contributed by atoms with Gasteiger partial charge in [-0.3, -0.25) is 19.3 Å². The van der Waals surface area contributed by atoms with Gasteiger partial charge in [-0.2, -0.15) is 0 Å². The van der Waals surface area contributed by atoms with Gasteiger partial charge in [-0.05, 0) is 36.6 Å². The van der Waals surface area contributed by atoms with Gasteiger partial charge in [0.1, 0.15) is 5.75 Å². The Labute approximate surface area is 162 Å². The highest BCUT2D eigenvalue weighted by atomic mass is 16.4. The van der Waals surface area contributed by atoms with Crippen molar-refractivity contribution in [2.45, 2.75) is 25.6 Å². The first-order valence-electron chi connectivity index (χ1n) is 8.90. The third-order valence-corrected chi connectivity index (χ3v) is 4.93. The van der Waals surface area contributed by atoms with Crippen molar-refractivity contribution in [3.05, 3.63) is 64.7 Å². The lowest BCUT2D eigenvalue weighted by molar-refractivity contribution is -0.119. The van der Waals surface area contributed by atoms with Crippen molar-refractivity contribution in [3.8, 4) is 5.75 Å². The average Bonchev–Trinajstić information content (AvgIpc) is 2.90. The number of carbonyl (C=O) groups excluding carboxylic acids is 3.